The molecule has 0 amide bonds. The molecule has 1 aromatic heterocycles. The second-order valence-corrected chi connectivity index (χ2v) is 8.21. The summed E-state index contributed by atoms with van der Waals surface area (Å²) in [7, 11) is -1.55. The van der Waals surface area contributed by atoms with Crippen molar-refractivity contribution in [2.75, 3.05) is 32.8 Å². The molecule has 0 spiro atoms. The van der Waals surface area contributed by atoms with Crippen molar-refractivity contribution in [3.05, 3.63) is 18.0 Å². The highest BCUT2D eigenvalue weighted by molar-refractivity contribution is 7.86. The van der Waals surface area contributed by atoms with E-state index in [-0.39, 0.29) is 6.10 Å². The minimum absolute atomic E-state index is 0.237. The molecule has 0 radical (unpaired) electrons. The Labute approximate surface area is 132 Å². The summed E-state index contributed by atoms with van der Waals surface area (Å²) in [4.78, 5) is 0. The molecule has 0 N–H and O–H groups in total. The molecule has 7 nitrogen and oxygen atoms in total. The largest absolute Gasteiger partial charge is 0.371 e. The van der Waals surface area contributed by atoms with E-state index in [0.29, 0.717) is 38.7 Å². The Morgan fingerprint density at radius 3 is 2.73 bits per heavy atom. The van der Waals surface area contributed by atoms with E-state index < -0.39 is 10.2 Å². The zero-order valence-corrected chi connectivity index (χ0v) is 14.0. The summed E-state index contributed by atoms with van der Waals surface area (Å²) in [5.41, 5.74) is 0.925. The Kier molecular flexibility index (Phi) is 4.54. The summed E-state index contributed by atoms with van der Waals surface area (Å²) < 4.78 is 36.3. The zero-order chi connectivity index (χ0) is 15.7. The van der Waals surface area contributed by atoms with Gasteiger partial charge in [0.05, 0.1) is 18.9 Å². The van der Waals surface area contributed by atoms with Gasteiger partial charge in [-0.25, -0.2) is 0 Å². The van der Waals surface area contributed by atoms with Gasteiger partial charge in [0.1, 0.15) is 0 Å². The molecule has 22 heavy (non-hydrogen) atoms. The molecular weight excluding hydrogens is 304 g/mol. The molecular formula is C14H24N4O3S. The fourth-order valence-electron chi connectivity index (χ4n) is 3.16. The van der Waals surface area contributed by atoms with Crippen LogP contribution in [0.5, 0.6) is 0 Å². The van der Waals surface area contributed by atoms with E-state index in [9.17, 15) is 8.42 Å². The first kappa shape index (κ1) is 15.9. The zero-order valence-electron chi connectivity index (χ0n) is 13.2. The highest BCUT2D eigenvalue weighted by Crippen LogP contribution is 2.26. The van der Waals surface area contributed by atoms with Gasteiger partial charge in [-0.1, -0.05) is 6.92 Å². The molecule has 0 bridgehead atoms. The van der Waals surface area contributed by atoms with Gasteiger partial charge in [-0.2, -0.15) is 22.1 Å². The second kappa shape index (κ2) is 6.27. The van der Waals surface area contributed by atoms with Crippen molar-refractivity contribution >= 4 is 10.2 Å². The summed E-state index contributed by atoms with van der Waals surface area (Å²) in [6.45, 7) is 4.56. The van der Waals surface area contributed by atoms with Gasteiger partial charge in [-0.05, 0) is 18.8 Å². The number of hydrogen-bond donors (Lipinski definition) is 0. The third kappa shape index (κ3) is 3.19. The Hall–Kier alpha value is -0.960. The monoisotopic (exact) mass is 328 g/mol. The van der Waals surface area contributed by atoms with Crippen LogP contribution >= 0.6 is 0 Å². The molecule has 3 heterocycles. The molecule has 8 heteroatoms. The molecule has 2 saturated heterocycles. The Morgan fingerprint density at radius 2 is 2.05 bits per heavy atom. The van der Waals surface area contributed by atoms with Crippen LogP contribution in [0.4, 0.5) is 0 Å². The summed E-state index contributed by atoms with van der Waals surface area (Å²) in [6, 6.07) is 0. The van der Waals surface area contributed by atoms with Crippen molar-refractivity contribution in [2.24, 2.45) is 13.0 Å². The van der Waals surface area contributed by atoms with Gasteiger partial charge in [0, 0.05) is 45.0 Å². The SMILES string of the molecule is C[C@H]1CCCN(S(=O)(=O)N2CCO[C@@H](c3cnn(C)c3)C2)C1. The van der Waals surface area contributed by atoms with Gasteiger partial charge >= 0.3 is 0 Å². The maximum atomic E-state index is 12.8. The van der Waals surface area contributed by atoms with E-state index in [0.717, 1.165) is 18.4 Å². The van der Waals surface area contributed by atoms with Crippen molar-refractivity contribution in [3.63, 3.8) is 0 Å². The average molecular weight is 328 g/mol. The molecule has 2 fully saturated rings. The molecule has 0 aliphatic carbocycles. The number of piperidine rings is 1. The van der Waals surface area contributed by atoms with E-state index in [4.69, 9.17) is 4.74 Å². The molecule has 0 saturated carbocycles. The first-order valence-corrected chi connectivity index (χ1v) is 9.22. The van der Waals surface area contributed by atoms with E-state index in [2.05, 4.69) is 12.0 Å². The minimum Gasteiger partial charge on any atom is -0.371 e. The maximum Gasteiger partial charge on any atom is 0.282 e. The third-order valence-electron chi connectivity index (χ3n) is 4.40. The lowest BCUT2D eigenvalue weighted by atomic mass is 10.0. The third-order valence-corrected chi connectivity index (χ3v) is 6.37. The topological polar surface area (TPSA) is 67.7 Å². The first-order chi connectivity index (χ1) is 10.5. The smallest absolute Gasteiger partial charge is 0.282 e. The molecule has 3 rings (SSSR count). The maximum absolute atomic E-state index is 12.8. The number of rotatable bonds is 3. The highest BCUT2D eigenvalue weighted by atomic mass is 32.2. The van der Waals surface area contributed by atoms with E-state index in [1.165, 1.54) is 0 Å². The van der Waals surface area contributed by atoms with Crippen LogP contribution in [0.2, 0.25) is 0 Å². The lowest BCUT2D eigenvalue weighted by Gasteiger charge is -2.37. The normalized spacial score (nSPS) is 28.8. The molecule has 2 atom stereocenters. The number of ether oxygens (including phenoxy) is 1. The van der Waals surface area contributed by atoms with Crippen LogP contribution in [-0.4, -0.2) is 59.6 Å². The van der Waals surface area contributed by atoms with E-state index >= 15 is 0 Å². The van der Waals surface area contributed by atoms with Gasteiger partial charge in [0.2, 0.25) is 0 Å². The van der Waals surface area contributed by atoms with Gasteiger partial charge in [0.25, 0.3) is 10.2 Å². The second-order valence-electron chi connectivity index (χ2n) is 6.28. The standard InChI is InChI=1S/C14H24N4O3S/c1-12-4-3-5-17(9-12)22(19,20)18-6-7-21-14(11-18)13-8-15-16(2)10-13/h8,10,12,14H,3-7,9,11H2,1-2H3/t12-,14+/m0/s1. The molecule has 0 aromatic carbocycles. The summed E-state index contributed by atoms with van der Waals surface area (Å²) in [6.07, 6.45) is 5.43. The van der Waals surface area contributed by atoms with Crippen molar-refractivity contribution < 1.29 is 13.2 Å². The minimum atomic E-state index is -3.39. The Balaban J connectivity index is 1.73. The predicted octanol–water partition coefficient (Wildman–Crippen LogP) is 0.770. The molecule has 2 aliphatic heterocycles. The van der Waals surface area contributed by atoms with Crippen molar-refractivity contribution in [1.29, 1.82) is 0 Å². The van der Waals surface area contributed by atoms with Crippen LogP contribution in [-0.2, 0) is 22.0 Å². The summed E-state index contributed by atoms with van der Waals surface area (Å²) in [5.74, 6) is 0.429. The fraction of sp³-hybridized carbons (Fsp3) is 0.786. The predicted molar refractivity (Wildman–Crippen MR) is 82.4 cm³/mol. The van der Waals surface area contributed by atoms with Crippen LogP contribution in [0.25, 0.3) is 0 Å². The number of hydrogen-bond acceptors (Lipinski definition) is 4. The molecule has 2 aliphatic rings. The van der Waals surface area contributed by atoms with Crippen LogP contribution in [0.15, 0.2) is 12.4 Å². The van der Waals surface area contributed by atoms with Crippen molar-refractivity contribution in [1.82, 2.24) is 18.4 Å². The number of aryl methyl sites for hydroxylation is 1. The van der Waals surface area contributed by atoms with Gasteiger partial charge in [0.15, 0.2) is 0 Å². The van der Waals surface area contributed by atoms with Gasteiger partial charge in [-0.3, -0.25) is 4.68 Å². The number of aromatic nitrogens is 2. The highest BCUT2D eigenvalue weighted by Gasteiger charge is 2.36. The molecule has 1 aromatic rings. The number of morpholine rings is 1. The van der Waals surface area contributed by atoms with Crippen LogP contribution < -0.4 is 0 Å². The summed E-state index contributed by atoms with van der Waals surface area (Å²) >= 11 is 0. The Morgan fingerprint density at radius 1 is 1.27 bits per heavy atom. The van der Waals surface area contributed by atoms with Crippen molar-refractivity contribution in [2.45, 2.75) is 25.9 Å². The van der Waals surface area contributed by atoms with Crippen molar-refractivity contribution in [3.8, 4) is 0 Å². The lowest BCUT2D eigenvalue weighted by molar-refractivity contribution is -0.00473. The van der Waals surface area contributed by atoms with Gasteiger partial charge < -0.3 is 4.74 Å². The summed E-state index contributed by atoms with van der Waals surface area (Å²) in [5, 5.41) is 4.14. The van der Waals surface area contributed by atoms with Crippen LogP contribution in [0.3, 0.4) is 0 Å². The van der Waals surface area contributed by atoms with Gasteiger partial charge in [-0.15, -0.1) is 0 Å². The average Bonchev–Trinajstić information content (AvgIpc) is 2.94. The molecule has 0 unspecified atom stereocenters. The Bertz CT molecular complexity index is 615. The van der Waals surface area contributed by atoms with E-state index in [1.807, 2.05) is 13.2 Å². The molecule has 124 valence electrons. The quantitative estimate of drug-likeness (QED) is 0.822. The first-order valence-electron chi connectivity index (χ1n) is 7.82. The van der Waals surface area contributed by atoms with Crippen LogP contribution in [0, 0.1) is 5.92 Å². The fourth-order valence-corrected chi connectivity index (χ4v) is 4.92. The van der Waals surface area contributed by atoms with E-state index in [1.54, 1.807) is 19.5 Å². The van der Waals surface area contributed by atoms with Crippen LogP contribution in [0.1, 0.15) is 31.4 Å². The number of nitrogens with zero attached hydrogens (tertiary/aromatic N) is 4. The lowest BCUT2D eigenvalue weighted by Crippen LogP contribution is -2.51.